The van der Waals surface area contributed by atoms with Crippen molar-refractivity contribution in [3.63, 3.8) is 0 Å². The standard InChI is InChI=1S/C12H20O4/c1-7-8(13)5-11-12(15-7)6-10-9(16-11)3-2-4-14-10/h7-13H,2-6H2,1H3/t7-,8+,9+,10-,11-,12+/m0/s1. The van der Waals surface area contributed by atoms with Gasteiger partial charge in [-0.05, 0) is 19.8 Å². The third kappa shape index (κ3) is 1.88. The molecule has 92 valence electrons. The molecule has 16 heavy (non-hydrogen) atoms. The van der Waals surface area contributed by atoms with Crippen molar-refractivity contribution in [3.05, 3.63) is 0 Å². The maximum absolute atomic E-state index is 9.78. The van der Waals surface area contributed by atoms with Gasteiger partial charge in [-0.3, -0.25) is 0 Å². The van der Waals surface area contributed by atoms with Crippen molar-refractivity contribution >= 4 is 0 Å². The zero-order valence-electron chi connectivity index (χ0n) is 9.67. The van der Waals surface area contributed by atoms with Gasteiger partial charge in [0.15, 0.2) is 0 Å². The van der Waals surface area contributed by atoms with Crippen LogP contribution in [0.2, 0.25) is 0 Å². The van der Waals surface area contributed by atoms with Crippen molar-refractivity contribution < 1.29 is 19.3 Å². The first-order valence-electron chi connectivity index (χ1n) is 6.34. The van der Waals surface area contributed by atoms with Crippen molar-refractivity contribution in [2.24, 2.45) is 0 Å². The molecule has 1 N–H and O–H groups in total. The Hall–Kier alpha value is -0.160. The molecule has 0 saturated carbocycles. The average Bonchev–Trinajstić information content (AvgIpc) is 2.28. The molecule has 0 spiro atoms. The van der Waals surface area contributed by atoms with Crippen LogP contribution in [0.4, 0.5) is 0 Å². The van der Waals surface area contributed by atoms with E-state index in [1.165, 1.54) is 0 Å². The quantitative estimate of drug-likeness (QED) is 0.668. The first-order valence-corrected chi connectivity index (χ1v) is 6.34. The first kappa shape index (κ1) is 11.0. The van der Waals surface area contributed by atoms with Gasteiger partial charge in [-0.25, -0.2) is 0 Å². The Bertz CT molecular complexity index is 231. The number of fused-ring (bicyclic) bond motifs is 2. The third-order valence-corrected chi connectivity index (χ3v) is 4.01. The van der Waals surface area contributed by atoms with Gasteiger partial charge in [-0.1, -0.05) is 0 Å². The van der Waals surface area contributed by atoms with Gasteiger partial charge in [0.05, 0.1) is 36.6 Å². The van der Waals surface area contributed by atoms with Crippen LogP contribution in [0.1, 0.15) is 32.6 Å². The molecule has 3 heterocycles. The number of hydrogen-bond acceptors (Lipinski definition) is 4. The molecule has 3 aliphatic heterocycles. The minimum absolute atomic E-state index is 0.0640. The summed E-state index contributed by atoms with van der Waals surface area (Å²) in [6, 6.07) is 0. The molecule has 0 radical (unpaired) electrons. The Morgan fingerprint density at radius 2 is 1.81 bits per heavy atom. The van der Waals surface area contributed by atoms with Crippen molar-refractivity contribution in [1.29, 1.82) is 0 Å². The normalized spacial score (nSPS) is 52.9. The van der Waals surface area contributed by atoms with Crippen LogP contribution >= 0.6 is 0 Å². The van der Waals surface area contributed by atoms with Crippen LogP contribution in [0, 0.1) is 0 Å². The minimum Gasteiger partial charge on any atom is -0.390 e. The third-order valence-electron chi connectivity index (χ3n) is 4.01. The average molecular weight is 228 g/mol. The summed E-state index contributed by atoms with van der Waals surface area (Å²) in [5.74, 6) is 0. The monoisotopic (exact) mass is 228 g/mol. The van der Waals surface area contributed by atoms with Crippen LogP contribution in [-0.4, -0.2) is 48.3 Å². The highest BCUT2D eigenvalue weighted by atomic mass is 16.6. The molecule has 3 rings (SSSR count). The summed E-state index contributed by atoms with van der Waals surface area (Å²) < 4.78 is 17.5. The summed E-state index contributed by atoms with van der Waals surface area (Å²) in [5, 5.41) is 9.78. The Labute approximate surface area is 95.9 Å². The van der Waals surface area contributed by atoms with Crippen LogP contribution < -0.4 is 0 Å². The Morgan fingerprint density at radius 1 is 1.00 bits per heavy atom. The lowest BCUT2D eigenvalue weighted by Gasteiger charge is -2.47. The molecule has 0 aliphatic carbocycles. The van der Waals surface area contributed by atoms with E-state index in [9.17, 15) is 5.11 Å². The molecule has 3 saturated heterocycles. The fourth-order valence-corrected chi connectivity index (χ4v) is 3.03. The van der Waals surface area contributed by atoms with E-state index in [0.29, 0.717) is 6.42 Å². The van der Waals surface area contributed by atoms with Gasteiger partial charge in [0.25, 0.3) is 0 Å². The number of aliphatic hydroxyl groups is 1. The Morgan fingerprint density at radius 3 is 2.69 bits per heavy atom. The van der Waals surface area contributed by atoms with Crippen LogP contribution in [-0.2, 0) is 14.2 Å². The van der Waals surface area contributed by atoms with Crippen LogP contribution in [0.3, 0.4) is 0 Å². The van der Waals surface area contributed by atoms with E-state index in [4.69, 9.17) is 14.2 Å². The van der Waals surface area contributed by atoms with Crippen molar-refractivity contribution in [2.75, 3.05) is 6.61 Å². The Kier molecular flexibility index (Phi) is 2.92. The predicted octanol–water partition coefficient (Wildman–Crippen LogP) is 0.861. The van der Waals surface area contributed by atoms with Crippen LogP contribution in [0.15, 0.2) is 0 Å². The molecule has 0 amide bonds. The minimum atomic E-state index is -0.387. The molecule has 3 aliphatic rings. The van der Waals surface area contributed by atoms with Gasteiger partial charge in [0.2, 0.25) is 0 Å². The van der Waals surface area contributed by atoms with Gasteiger partial charge in [-0.2, -0.15) is 0 Å². The molecule has 4 nitrogen and oxygen atoms in total. The topological polar surface area (TPSA) is 47.9 Å². The SMILES string of the molecule is C[C@@H]1O[C@@H]2C[C@@H]3OCCC[C@H]3O[C@H]2C[C@H]1O. The van der Waals surface area contributed by atoms with Gasteiger partial charge in [-0.15, -0.1) is 0 Å². The van der Waals surface area contributed by atoms with Gasteiger partial charge in [0, 0.05) is 19.4 Å². The van der Waals surface area contributed by atoms with E-state index in [1.807, 2.05) is 6.92 Å². The number of hydrogen-bond donors (Lipinski definition) is 1. The molecule has 0 bridgehead atoms. The number of aliphatic hydroxyl groups excluding tert-OH is 1. The molecule has 4 heteroatoms. The zero-order chi connectivity index (χ0) is 11.1. The van der Waals surface area contributed by atoms with Crippen molar-refractivity contribution in [3.8, 4) is 0 Å². The summed E-state index contributed by atoms with van der Waals surface area (Å²) in [5.41, 5.74) is 0. The fourth-order valence-electron chi connectivity index (χ4n) is 3.03. The highest BCUT2D eigenvalue weighted by molar-refractivity contribution is 4.93. The maximum atomic E-state index is 9.78. The molecular formula is C12H20O4. The summed E-state index contributed by atoms with van der Waals surface area (Å²) in [6.07, 6.45) is 3.93. The predicted molar refractivity (Wildman–Crippen MR) is 57.2 cm³/mol. The zero-order valence-corrected chi connectivity index (χ0v) is 9.67. The van der Waals surface area contributed by atoms with E-state index in [0.717, 1.165) is 25.9 Å². The highest BCUT2D eigenvalue weighted by Gasteiger charge is 2.45. The van der Waals surface area contributed by atoms with Gasteiger partial charge in [0.1, 0.15) is 0 Å². The first-order chi connectivity index (χ1) is 7.74. The highest BCUT2D eigenvalue weighted by Crippen LogP contribution is 2.35. The van der Waals surface area contributed by atoms with Crippen molar-refractivity contribution in [2.45, 2.75) is 69.2 Å². The molecule has 0 unspecified atom stereocenters. The second kappa shape index (κ2) is 4.26. The molecule has 3 fully saturated rings. The lowest BCUT2D eigenvalue weighted by atomic mass is 9.88. The van der Waals surface area contributed by atoms with Crippen molar-refractivity contribution in [1.82, 2.24) is 0 Å². The van der Waals surface area contributed by atoms with Crippen LogP contribution in [0.5, 0.6) is 0 Å². The summed E-state index contributed by atoms with van der Waals surface area (Å²) in [4.78, 5) is 0. The van der Waals surface area contributed by atoms with E-state index >= 15 is 0 Å². The van der Waals surface area contributed by atoms with Crippen LogP contribution in [0.25, 0.3) is 0 Å². The molecule has 0 aromatic rings. The van der Waals surface area contributed by atoms with E-state index < -0.39 is 0 Å². The lowest BCUT2D eigenvalue weighted by Crippen LogP contribution is -2.56. The summed E-state index contributed by atoms with van der Waals surface area (Å²) in [7, 11) is 0. The lowest BCUT2D eigenvalue weighted by molar-refractivity contribution is -0.256. The fraction of sp³-hybridized carbons (Fsp3) is 1.00. The summed E-state index contributed by atoms with van der Waals surface area (Å²) in [6.45, 7) is 2.77. The molecule has 6 atom stereocenters. The van der Waals surface area contributed by atoms with Gasteiger partial charge >= 0.3 is 0 Å². The molecule has 0 aromatic carbocycles. The maximum Gasteiger partial charge on any atom is 0.0868 e. The number of ether oxygens (including phenoxy) is 3. The second-order valence-corrected chi connectivity index (χ2v) is 5.18. The van der Waals surface area contributed by atoms with E-state index in [2.05, 4.69) is 0 Å². The van der Waals surface area contributed by atoms with E-state index in [-0.39, 0.29) is 36.6 Å². The van der Waals surface area contributed by atoms with E-state index in [1.54, 1.807) is 0 Å². The number of rotatable bonds is 0. The second-order valence-electron chi connectivity index (χ2n) is 5.18. The Balaban J connectivity index is 1.69. The molecular weight excluding hydrogens is 208 g/mol. The van der Waals surface area contributed by atoms with Gasteiger partial charge < -0.3 is 19.3 Å². The summed E-state index contributed by atoms with van der Waals surface area (Å²) >= 11 is 0. The molecule has 0 aromatic heterocycles. The smallest absolute Gasteiger partial charge is 0.0868 e. The largest absolute Gasteiger partial charge is 0.390 e.